The second-order valence-electron chi connectivity index (χ2n) is 5.99. The summed E-state index contributed by atoms with van der Waals surface area (Å²) in [5, 5.41) is 0.841. The van der Waals surface area contributed by atoms with E-state index in [1.54, 1.807) is 6.92 Å². The monoisotopic (exact) mass is 329 g/mol. The van der Waals surface area contributed by atoms with Gasteiger partial charge in [-0.05, 0) is 18.6 Å². The number of hydrogen-bond acceptors (Lipinski definition) is 6. The van der Waals surface area contributed by atoms with Gasteiger partial charge < -0.3 is 15.4 Å². The normalized spacial score (nSPS) is 15.6. The van der Waals surface area contributed by atoms with Crippen molar-refractivity contribution in [2.75, 3.05) is 45.1 Å². The predicted octanol–water partition coefficient (Wildman–Crippen LogP) is 1.14. The van der Waals surface area contributed by atoms with Crippen molar-refractivity contribution in [1.29, 1.82) is 0 Å². The smallest absolute Gasteiger partial charge is 0.219 e. The first kappa shape index (κ1) is 16.4. The van der Waals surface area contributed by atoms with Crippen LogP contribution in [0.25, 0.3) is 10.9 Å². The number of anilines is 1. The van der Waals surface area contributed by atoms with Crippen LogP contribution >= 0.6 is 0 Å². The SMILES string of the molecule is CC(=O)N1CCN(CCCOc2ccc3c(N)ncnc3c2)CC1. The summed E-state index contributed by atoms with van der Waals surface area (Å²) in [4.78, 5) is 23.8. The average molecular weight is 329 g/mol. The summed E-state index contributed by atoms with van der Waals surface area (Å²) in [6, 6.07) is 5.67. The van der Waals surface area contributed by atoms with Crippen molar-refractivity contribution in [2.45, 2.75) is 13.3 Å². The van der Waals surface area contributed by atoms with Crippen LogP contribution < -0.4 is 10.5 Å². The molecule has 0 saturated carbocycles. The molecule has 1 aromatic carbocycles. The number of carbonyl (C=O) groups excluding carboxylic acids is 1. The number of nitrogens with zero attached hydrogens (tertiary/aromatic N) is 4. The van der Waals surface area contributed by atoms with E-state index in [1.165, 1.54) is 6.33 Å². The summed E-state index contributed by atoms with van der Waals surface area (Å²) in [5.41, 5.74) is 6.61. The van der Waals surface area contributed by atoms with Gasteiger partial charge >= 0.3 is 0 Å². The maximum Gasteiger partial charge on any atom is 0.219 e. The van der Waals surface area contributed by atoms with Gasteiger partial charge in [0.1, 0.15) is 17.9 Å². The lowest BCUT2D eigenvalue weighted by atomic mass is 10.2. The van der Waals surface area contributed by atoms with Crippen LogP contribution in [-0.4, -0.2) is 65.0 Å². The molecule has 2 aromatic rings. The molecule has 1 aliphatic heterocycles. The number of ether oxygens (including phenoxy) is 1. The number of rotatable bonds is 5. The van der Waals surface area contributed by atoms with E-state index in [-0.39, 0.29) is 5.91 Å². The van der Waals surface area contributed by atoms with E-state index >= 15 is 0 Å². The van der Waals surface area contributed by atoms with E-state index in [9.17, 15) is 4.79 Å². The molecule has 1 aliphatic rings. The standard InChI is InChI=1S/C17H23N5O2/c1-13(23)22-8-6-21(7-9-22)5-2-10-24-14-3-4-15-16(11-14)19-12-20-17(15)18/h3-4,11-12H,2,5-10H2,1H3,(H2,18,19,20). The molecule has 7 heteroatoms. The fraction of sp³-hybridized carbons (Fsp3) is 0.471. The fourth-order valence-corrected chi connectivity index (χ4v) is 2.91. The quantitative estimate of drug-likeness (QED) is 0.828. The van der Waals surface area contributed by atoms with Gasteiger partial charge in [-0.2, -0.15) is 0 Å². The van der Waals surface area contributed by atoms with Gasteiger partial charge in [0, 0.05) is 51.1 Å². The highest BCUT2D eigenvalue weighted by Gasteiger charge is 2.17. The molecular formula is C17H23N5O2. The van der Waals surface area contributed by atoms with E-state index < -0.39 is 0 Å². The fourth-order valence-electron chi connectivity index (χ4n) is 2.91. The number of fused-ring (bicyclic) bond motifs is 1. The summed E-state index contributed by atoms with van der Waals surface area (Å²) < 4.78 is 5.81. The Hall–Kier alpha value is -2.41. The molecule has 1 saturated heterocycles. The van der Waals surface area contributed by atoms with Crippen molar-refractivity contribution in [2.24, 2.45) is 0 Å². The Kier molecular flexibility index (Phi) is 5.10. The van der Waals surface area contributed by atoms with E-state index in [2.05, 4.69) is 14.9 Å². The zero-order chi connectivity index (χ0) is 16.9. The van der Waals surface area contributed by atoms with Crippen LogP contribution in [-0.2, 0) is 4.79 Å². The molecule has 7 nitrogen and oxygen atoms in total. The molecule has 3 rings (SSSR count). The summed E-state index contributed by atoms with van der Waals surface area (Å²) in [5.74, 6) is 1.44. The van der Waals surface area contributed by atoms with Crippen molar-refractivity contribution < 1.29 is 9.53 Å². The van der Waals surface area contributed by atoms with Crippen LogP contribution in [0.2, 0.25) is 0 Å². The van der Waals surface area contributed by atoms with Crippen molar-refractivity contribution in [3.05, 3.63) is 24.5 Å². The predicted molar refractivity (Wildman–Crippen MR) is 92.8 cm³/mol. The summed E-state index contributed by atoms with van der Waals surface area (Å²) in [7, 11) is 0. The molecule has 0 radical (unpaired) electrons. The molecule has 0 spiro atoms. The molecule has 2 heterocycles. The molecular weight excluding hydrogens is 306 g/mol. The van der Waals surface area contributed by atoms with Gasteiger partial charge in [0.15, 0.2) is 0 Å². The lowest BCUT2D eigenvalue weighted by Gasteiger charge is -2.34. The Morgan fingerprint density at radius 3 is 2.79 bits per heavy atom. The minimum atomic E-state index is 0.165. The first-order valence-corrected chi connectivity index (χ1v) is 8.24. The van der Waals surface area contributed by atoms with Gasteiger partial charge in [0.25, 0.3) is 0 Å². The third-order valence-corrected chi connectivity index (χ3v) is 4.34. The van der Waals surface area contributed by atoms with Gasteiger partial charge in [-0.25, -0.2) is 9.97 Å². The third-order valence-electron chi connectivity index (χ3n) is 4.34. The molecule has 0 unspecified atom stereocenters. The van der Waals surface area contributed by atoms with Gasteiger partial charge in [-0.3, -0.25) is 9.69 Å². The molecule has 0 bridgehead atoms. The number of aromatic nitrogens is 2. The number of benzene rings is 1. The average Bonchev–Trinajstić information content (AvgIpc) is 2.59. The maximum absolute atomic E-state index is 11.3. The van der Waals surface area contributed by atoms with E-state index in [1.807, 2.05) is 23.1 Å². The second kappa shape index (κ2) is 7.44. The highest BCUT2D eigenvalue weighted by molar-refractivity contribution is 5.88. The zero-order valence-corrected chi connectivity index (χ0v) is 13.9. The second-order valence-corrected chi connectivity index (χ2v) is 5.99. The molecule has 0 atom stereocenters. The van der Waals surface area contributed by atoms with Crippen molar-refractivity contribution >= 4 is 22.6 Å². The van der Waals surface area contributed by atoms with Gasteiger partial charge in [-0.1, -0.05) is 0 Å². The number of hydrogen-bond donors (Lipinski definition) is 1. The van der Waals surface area contributed by atoms with Gasteiger partial charge in [0.05, 0.1) is 12.1 Å². The summed E-state index contributed by atoms with van der Waals surface area (Å²) in [6.07, 6.45) is 2.41. The Morgan fingerprint density at radius 1 is 1.25 bits per heavy atom. The van der Waals surface area contributed by atoms with Crippen LogP contribution in [0.15, 0.2) is 24.5 Å². The summed E-state index contributed by atoms with van der Waals surface area (Å²) in [6.45, 7) is 6.78. The van der Waals surface area contributed by atoms with Crippen LogP contribution in [0.3, 0.4) is 0 Å². The summed E-state index contributed by atoms with van der Waals surface area (Å²) >= 11 is 0. The molecule has 24 heavy (non-hydrogen) atoms. The largest absolute Gasteiger partial charge is 0.493 e. The van der Waals surface area contributed by atoms with Crippen LogP contribution in [0.1, 0.15) is 13.3 Å². The Morgan fingerprint density at radius 2 is 2.04 bits per heavy atom. The van der Waals surface area contributed by atoms with E-state index in [0.717, 1.165) is 55.8 Å². The lowest BCUT2D eigenvalue weighted by molar-refractivity contribution is -0.130. The van der Waals surface area contributed by atoms with E-state index in [0.29, 0.717) is 12.4 Å². The highest BCUT2D eigenvalue weighted by atomic mass is 16.5. The minimum Gasteiger partial charge on any atom is -0.493 e. The Labute approximate surface area is 141 Å². The molecule has 1 fully saturated rings. The van der Waals surface area contributed by atoms with Crippen molar-refractivity contribution in [3.63, 3.8) is 0 Å². The minimum absolute atomic E-state index is 0.165. The number of amides is 1. The lowest BCUT2D eigenvalue weighted by Crippen LogP contribution is -2.48. The van der Waals surface area contributed by atoms with Gasteiger partial charge in [-0.15, -0.1) is 0 Å². The molecule has 1 amide bonds. The van der Waals surface area contributed by atoms with Gasteiger partial charge in [0.2, 0.25) is 5.91 Å². The number of nitrogen functional groups attached to an aromatic ring is 1. The number of piperazine rings is 1. The van der Waals surface area contributed by atoms with Crippen molar-refractivity contribution in [1.82, 2.24) is 19.8 Å². The Balaban J connectivity index is 1.43. The molecule has 0 aliphatic carbocycles. The molecule has 1 aromatic heterocycles. The molecule has 2 N–H and O–H groups in total. The maximum atomic E-state index is 11.3. The van der Waals surface area contributed by atoms with Crippen LogP contribution in [0, 0.1) is 0 Å². The number of nitrogens with two attached hydrogens (primary N) is 1. The Bertz CT molecular complexity index is 713. The zero-order valence-electron chi connectivity index (χ0n) is 13.9. The highest BCUT2D eigenvalue weighted by Crippen LogP contribution is 2.22. The first-order chi connectivity index (χ1) is 11.6. The van der Waals surface area contributed by atoms with Crippen LogP contribution in [0.4, 0.5) is 5.82 Å². The first-order valence-electron chi connectivity index (χ1n) is 8.24. The van der Waals surface area contributed by atoms with E-state index in [4.69, 9.17) is 10.5 Å². The molecule has 128 valence electrons. The van der Waals surface area contributed by atoms with Crippen molar-refractivity contribution in [3.8, 4) is 5.75 Å². The third kappa shape index (κ3) is 3.91. The van der Waals surface area contributed by atoms with Crippen LogP contribution in [0.5, 0.6) is 5.75 Å². The number of carbonyl (C=O) groups is 1. The topological polar surface area (TPSA) is 84.6 Å².